The van der Waals surface area contributed by atoms with Crippen LogP contribution in [0.4, 0.5) is 0 Å². The Morgan fingerprint density at radius 3 is 2.54 bits per heavy atom. The summed E-state index contributed by atoms with van der Waals surface area (Å²) in [5.41, 5.74) is 0.178. The first-order valence-corrected chi connectivity index (χ1v) is 5.53. The van der Waals surface area contributed by atoms with E-state index >= 15 is 0 Å². The molecule has 0 unspecified atom stereocenters. The number of hydrogen-bond acceptors (Lipinski definition) is 3. The minimum absolute atomic E-state index is 0.269. The SMILES string of the molecule is CC(C)(C)OC(=O)c1csc(Br)c1. The highest BCUT2D eigenvalue weighted by Gasteiger charge is 2.18. The number of halogens is 1. The summed E-state index contributed by atoms with van der Waals surface area (Å²) in [5.74, 6) is -0.269. The van der Waals surface area contributed by atoms with Crippen LogP contribution < -0.4 is 0 Å². The van der Waals surface area contributed by atoms with Crippen molar-refractivity contribution in [3.05, 3.63) is 20.8 Å². The van der Waals surface area contributed by atoms with Gasteiger partial charge in [0.25, 0.3) is 0 Å². The van der Waals surface area contributed by atoms with Gasteiger partial charge >= 0.3 is 5.97 Å². The zero-order valence-corrected chi connectivity index (χ0v) is 10.2. The first-order chi connectivity index (χ1) is 5.88. The topological polar surface area (TPSA) is 26.3 Å². The van der Waals surface area contributed by atoms with E-state index in [2.05, 4.69) is 15.9 Å². The third-order valence-corrected chi connectivity index (χ3v) is 2.71. The van der Waals surface area contributed by atoms with Crippen molar-refractivity contribution in [1.82, 2.24) is 0 Å². The predicted octanol–water partition coefficient (Wildman–Crippen LogP) is 3.47. The van der Waals surface area contributed by atoms with Gasteiger partial charge in [-0.15, -0.1) is 11.3 Å². The van der Waals surface area contributed by atoms with Gasteiger partial charge in [-0.25, -0.2) is 4.79 Å². The first kappa shape index (κ1) is 10.7. The van der Waals surface area contributed by atoms with E-state index in [-0.39, 0.29) is 5.97 Å². The van der Waals surface area contributed by atoms with Crippen LogP contribution in [-0.4, -0.2) is 11.6 Å². The standard InChI is InChI=1S/C9H11BrO2S/c1-9(2,3)12-8(11)6-4-7(10)13-5-6/h4-5H,1-3H3. The average Bonchev–Trinajstić information content (AvgIpc) is 2.31. The third-order valence-electron chi connectivity index (χ3n) is 1.20. The Kier molecular flexibility index (Phi) is 3.14. The summed E-state index contributed by atoms with van der Waals surface area (Å²) in [6.07, 6.45) is 0. The van der Waals surface area contributed by atoms with Gasteiger partial charge in [-0.05, 0) is 42.8 Å². The minimum Gasteiger partial charge on any atom is -0.456 e. The summed E-state index contributed by atoms with van der Waals surface area (Å²) in [5, 5.41) is 1.78. The predicted molar refractivity (Wildman–Crippen MR) is 57.2 cm³/mol. The van der Waals surface area contributed by atoms with Gasteiger partial charge < -0.3 is 4.74 Å². The molecule has 1 heterocycles. The van der Waals surface area contributed by atoms with Crippen LogP contribution in [0.1, 0.15) is 31.1 Å². The van der Waals surface area contributed by atoms with E-state index in [9.17, 15) is 4.79 Å². The smallest absolute Gasteiger partial charge is 0.339 e. The molecule has 0 fully saturated rings. The number of carbonyl (C=O) groups excluding carboxylic acids is 1. The summed E-state index contributed by atoms with van der Waals surface area (Å²) >= 11 is 4.77. The summed E-state index contributed by atoms with van der Waals surface area (Å²) < 4.78 is 6.12. The maximum Gasteiger partial charge on any atom is 0.339 e. The van der Waals surface area contributed by atoms with Crippen molar-refractivity contribution in [2.24, 2.45) is 0 Å². The van der Waals surface area contributed by atoms with Gasteiger partial charge in [-0.1, -0.05) is 0 Å². The first-order valence-electron chi connectivity index (χ1n) is 3.86. The highest BCUT2D eigenvalue weighted by atomic mass is 79.9. The van der Waals surface area contributed by atoms with Gasteiger partial charge in [0.15, 0.2) is 0 Å². The van der Waals surface area contributed by atoms with E-state index in [4.69, 9.17) is 4.74 Å². The van der Waals surface area contributed by atoms with Crippen molar-refractivity contribution < 1.29 is 9.53 Å². The molecule has 0 aromatic carbocycles. The molecular formula is C9H11BrO2S. The molecule has 0 radical (unpaired) electrons. The van der Waals surface area contributed by atoms with Crippen molar-refractivity contribution in [1.29, 1.82) is 0 Å². The summed E-state index contributed by atoms with van der Waals surface area (Å²) in [7, 11) is 0. The average molecular weight is 263 g/mol. The Balaban J connectivity index is 2.70. The van der Waals surface area contributed by atoms with E-state index in [0.29, 0.717) is 5.56 Å². The van der Waals surface area contributed by atoms with Gasteiger partial charge in [0.05, 0.1) is 9.35 Å². The summed E-state index contributed by atoms with van der Waals surface area (Å²) in [6, 6.07) is 1.76. The molecule has 2 nitrogen and oxygen atoms in total. The number of thiophene rings is 1. The lowest BCUT2D eigenvalue weighted by Crippen LogP contribution is -2.23. The highest BCUT2D eigenvalue weighted by molar-refractivity contribution is 9.11. The van der Waals surface area contributed by atoms with Crippen LogP contribution in [0.15, 0.2) is 15.2 Å². The Labute approximate surface area is 90.0 Å². The van der Waals surface area contributed by atoms with E-state index in [1.807, 2.05) is 20.8 Å². The molecule has 0 aliphatic heterocycles. The Morgan fingerprint density at radius 1 is 1.54 bits per heavy atom. The van der Waals surface area contributed by atoms with Gasteiger partial charge in [-0.2, -0.15) is 0 Å². The van der Waals surface area contributed by atoms with E-state index < -0.39 is 5.60 Å². The number of esters is 1. The Hall–Kier alpha value is -0.350. The van der Waals surface area contributed by atoms with Crippen LogP contribution in [0, 0.1) is 0 Å². The normalized spacial score (nSPS) is 11.4. The molecule has 0 spiro atoms. The van der Waals surface area contributed by atoms with Crippen molar-refractivity contribution in [2.45, 2.75) is 26.4 Å². The van der Waals surface area contributed by atoms with Gasteiger partial charge in [0, 0.05) is 5.38 Å². The van der Waals surface area contributed by atoms with Crippen LogP contribution in [-0.2, 0) is 4.74 Å². The maximum atomic E-state index is 11.4. The molecule has 0 saturated carbocycles. The second-order valence-corrected chi connectivity index (χ2v) is 5.93. The van der Waals surface area contributed by atoms with Gasteiger partial charge in [-0.3, -0.25) is 0 Å². The maximum absolute atomic E-state index is 11.4. The Morgan fingerprint density at radius 2 is 2.15 bits per heavy atom. The molecule has 0 saturated heterocycles. The van der Waals surface area contributed by atoms with E-state index in [0.717, 1.165) is 3.79 Å². The lowest BCUT2D eigenvalue weighted by Gasteiger charge is -2.18. The number of hydrogen-bond donors (Lipinski definition) is 0. The fourth-order valence-electron chi connectivity index (χ4n) is 0.754. The molecule has 72 valence electrons. The molecule has 1 rings (SSSR count). The monoisotopic (exact) mass is 262 g/mol. The molecule has 13 heavy (non-hydrogen) atoms. The molecule has 0 aliphatic carbocycles. The molecule has 1 aromatic heterocycles. The Bertz CT molecular complexity index is 312. The zero-order chi connectivity index (χ0) is 10.1. The second kappa shape index (κ2) is 3.80. The number of carbonyl (C=O) groups is 1. The molecule has 0 amide bonds. The molecule has 0 N–H and O–H groups in total. The van der Waals surface area contributed by atoms with Crippen LogP contribution in [0.25, 0.3) is 0 Å². The number of rotatable bonds is 1. The fourth-order valence-corrected chi connectivity index (χ4v) is 1.88. The van der Waals surface area contributed by atoms with Crippen molar-refractivity contribution >= 4 is 33.2 Å². The van der Waals surface area contributed by atoms with Crippen molar-refractivity contribution in [3.63, 3.8) is 0 Å². The van der Waals surface area contributed by atoms with Crippen LogP contribution in [0.2, 0.25) is 0 Å². The molecule has 0 aliphatic rings. The van der Waals surface area contributed by atoms with Crippen molar-refractivity contribution in [2.75, 3.05) is 0 Å². The lowest BCUT2D eigenvalue weighted by molar-refractivity contribution is 0.00701. The fraction of sp³-hybridized carbons (Fsp3) is 0.444. The van der Waals surface area contributed by atoms with Crippen LogP contribution >= 0.6 is 27.3 Å². The van der Waals surface area contributed by atoms with Crippen LogP contribution in [0.3, 0.4) is 0 Å². The quantitative estimate of drug-likeness (QED) is 0.725. The van der Waals surface area contributed by atoms with Crippen LogP contribution in [0.5, 0.6) is 0 Å². The molecular weight excluding hydrogens is 252 g/mol. The number of ether oxygens (including phenoxy) is 1. The van der Waals surface area contributed by atoms with E-state index in [1.54, 1.807) is 11.4 Å². The second-order valence-electron chi connectivity index (χ2n) is 3.64. The molecule has 1 aromatic rings. The van der Waals surface area contributed by atoms with Crippen molar-refractivity contribution in [3.8, 4) is 0 Å². The lowest BCUT2D eigenvalue weighted by atomic mass is 10.2. The minimum atomic E-state index is -0.425. The zero-order valence-electron chi connectivity index (χ0n) is 7.76. The molecule has 4 heteroatoms. The molecule has 0 bridgehead atoms. The van der Waals surface area contributed by atoms with Gasteiger partial charge in [0.2, 0.25) is 0 Å². The molecule has 0 atom stereocenters. The highest BCUT2D eigenvalue weighted by Crippen LogP contribution is 2.22. The third kappa shape index (κ3) is 3.48. The summed E-state index contributed by atoms with van der Waals surface area (Å²) in [4.78, 5) is 11.4. The van der Waals surface area contributed by atoms with E-state index in [1.165, 1.54) is 11.3 Å². The van der Waals surface area contributed by atoms with Gasteiger partial charge in [0.1, 0.15) is 5.60 Å². The summed E-state index contributed by atoms with van der Waals surface area (Å²) in [6.45, 7) is 5.56. The largest absolute Gasteiger partial charge is 0.456 e.